The van der Waals surface area contributed by atoms with Gasteiger partial charge in [0.25, 0.3) is 6.34 Å². The number of hydrogen-bond donors (Lipinski definition) is 3. The number of rotatable bonds is 0. The molecule has 0 amide bonds. The van der Waals surface area contributed by atoms with Crippen molar-refractivity contribution in [2.75, 3.05) is 0 Å². The van der Waals surface area contributed by atoms with Crippen LogP contribution in [-0.2, 0) is 0 Å². The molecule has 1 aliphatic rings. The summed E-state index contributed by atoms with van der Waals surface area (Å²) >= 11 is 0. The van der Waals surface area contributed by atoms with E-state index >= 15 is 0 Å². The molecule has 1 rings (SSSR count). The summed E-state index contributed by atoms with van der Waals surface area (Å²) in [6, 6.07) is 0. The molecule has 3 N–H and O–H groups in total. The molecule has 0 saturated heterocycles. The van der Waals surface area contributed by atoms with Crippen LogP contribution in [0.1, 0.15) is 0 Å². The van der Waals surface area contributed by atoms with E-state index in [0.29, 0.717) is 0 Å². The Morgan fingerprint density at radius 1 is 1.33 bits per heavy atom. The second-order valence-electron chi connectivity index (χ2n) is 0.933. The maximum absolute atomic E-state index is 2.81. The second-order valence-corrected chi connectivity index (χ2v) is 0.933. The fourth-order valence-corrected chi connectivity index (χ4v) is 0.269. The van der Waals surface area contributed by atoms with Crippen LogP contribution in [0.2, 0.25) is 0 Å². The fourth-order valence-electron chi connectivity index (χ4n) is 0.269. The molecule has 32 valence electrons. The number of nitrogens with one attached hydrogen (secondary N) is 3. The highest BCUT2D eigenvalue weighted by molar-refractivity contribution is 5.46. The highest BCUT2D eigenvalue weighted by Gasteiger charge is 1.78. The third kappa shape index (κ3) is 0.484. The SMILES string of the molecule is C1=C[NH+]=CNN1. The van der Waals surface area contributed by atoms with E-state index in [-0.39, 0.29) is 0 Å². The molecule has 6 heavy (non-hydrogen) atoms. The quantitative estimate of drug-likeness (QED) is 0.308. The van der Waals surface area contributed by atoms with Gasteiger partial charge in [-0.05, 0) is 0 Å². The molecule has 1 heterocycles. The van der Waals surface area contributed by atoms with Gasteiger partial charge in [-0.2, -0.15) is 5.43 Å². The van der Waals surface area contributed by atoms with Gasteiger partial charge in [0.2, 0.25) is 0 Å². The Morgan fingerprint density at radius 2 is 2.33 bits per heavy atom. The van der Waals surface area contributed by atoms with E-state index in [0.717, 1.165) is 0 Å². The van der Waals surface area contributed by atoms with Crippen LogP contribution in [0.25, 0.3) is 0 Å². The molecule has 3 nitrogen and oxygen atoms in total. The molecule has 0 spiro atoms. The first-order valence-electron chi connectivity index (χ1n) is 1.74. The predicted octanol–water partition coefficient (Wildman–Crippen LogP) is -2.33. The smallest absolute Gasteiger partial charge is 0.251 e. The van der Waals surface area contributed by atoms with Crippen molar-refractivity contribution in [3.63, 3.8) is 0 Å². The summed E-state index contributed by atoms with van der Waals surface area (Å²) in [4.78, 5) is 2.81. The molecular weight excluding hydrogens is 78.1 g/mol. The van der Waals surface area contributed by atoms with Gasteiger partial charge in [-0.25, -0.2) is 5.43 Å². The van der Waals surface area contributed by atoms with Crippen molar-refractivity contribution in [2.24, 2.45) is 0 Å². The van der Waals surface area contributed by atoms with Crippen LogP contribution in [0.5, 0.6) is 0 Å². The summed E-state index contributed by atoms with van der Waals surface area (Å²) in [5, 5.41) is 0. The minimum absolute atomic E-state index is 1.69. The molecule has 0 bridgehead atoms. The van der Waals surface area contributed by atoms with Crippen molar-refractivity contribution in [1.82, 2.24) is 10.9 Å². The first kappa shape index (κ1) is 3.21. The van der Waals surface area contributed by atoms with Gasteiger partial charge in [0.15, 0.2) is 0 Å². The van der Waals surface area contributed by atoms with Gasteiger partial charge >= 0.3 is 0 Å². The summed E-state index contributed by atoms with van der Waals surface area (Å²) in [6.45, 7) is 0. The molecule has 0 fully saturated rings. The second kappa shape index (κ2) is 1.45. The zero-order valence-electron chi connectivity index (χ0n) is 3.23. The van der Waals surface area contributed by atoms with Gasteiger partial charge in [0, 0.05) is 0 Å². The molecule has 0 atom stereocenters. The van der Waals surface area contributed by atoms with Gasteiger partial charge < -0.3 is 0 Å². The van der Waals surface area contributed by atoms with Gasteiger partial charge in [0.05, 0.1) is 6.20 Å². The Morgan fingerprint density at radius 3 is 2.50 bits per heavy atom. The summed E-state index contributed by atoms with van der Waals surface area (Å²) in [5.74, 6) is 0. The van der Waals surface area contributed by atoms with E-state index < -0.39 is 0 Å². The van der Waals surface area contributed by atoms with E-state index in [1.807, 2.05) is 0 Å². The zero-order chi connectivity index (χ0) is 4.24. The number of hydrazine groups is 1. The Balaban J connectivity index is 2.46. The minimum Gasteiger partial charge on any atom is -0.251 e. The van der Waals surface area contributed by atoms with E-state index in [2.05, 4.69) is 15.8 Å². The van der Waals surface area contributed by atoms with Gasteiger partial charge in [0.1, 0.15) is 6.20 Å². The Kier molecular flexibility index (Phi) is 0.774. The highest BCUT2D eigenvalue weighted by Crippen LogP contribution is 1.45. The molecule has 3 heteroatoms. The largest absolute Gasteiger partial charge is 0.257 e. The molecule has 0 aromatic carbocycles. The van der Waals surface area contributed by atoms with Crippen LogP contribution < -0.4 is 15.8 Å². The van der Waals surface area contributed by atoms with E-state index in [1.54, 1.807) is 18.7 Å². The lowest BCUT2D eigenvalue weighted by Crippen LogP contribution is -2.68. The van der Waals surface area contributed by atoms with E-state index in [1.165, 1.54) is 0 Å². The molecule has 0 aromatic rings. The topological polar surface area (TPSA) is 38.0 Å². The minimum atomic E-state index is 1.69. The van der Waals surface area contributed by atoms with Gasteiger partial charge in [-0.15, -0.1) is 0 Å². The third-order valence-corrected chi connectivity index (χ3v) is 0.502. The lowest BCUT2D eigenvalue weighted by Gasteiger charge is -1.90. The molecule has 0 radical (unpaired) electrons. The summed E-state index contributed by atoms with van der Waals surface area (Å²) < 4.78 is 0. The van der Waals surface area contributed by atoms with Crippen molar-refractivity contribution in [3.05, 3.63) is 12.4 Å². The normalized spacial score (nSPS) is 16.0. The molecule has 1 aliphatic heterocycles. The Labute approximate surface area is 35.7 Å². The molecule has 0 aromatic heterocycles. The van der Waals surface area contributed by atoms with E-state index in [9.17, 15) is 0 Å². The van der Waals surface area contributed by atoms with Gasteiger partial charge in [-0.1, -0.05) is 0 Å². The Hall–Kier alpha value is -0.990. The predicted molar refractivity (Wildman–Crippen MR) is 22.4 cm³/mol. The zero-order valence-corrected chi connectivity index (χ0v) is 3.23. The van der Waals surface area contributed by atoms with Crippen molar-refractivity contribution in [2.45, 2.75) is 0 Å². The van der Waals surface area contributed by atoms with Crippen molar-refractivity contribution in [3.8, 4) is 0 Å². The maximum Gasteiger partial charge on any atom is 0.257 e. The maximum atomic E-state index is 2.81. The first-order valence-corrected chi connectivity index (χ1v) is 1.74. The van der Waals surface area contributed by atoms with E-state index in [4.69, 9.17) is 0 Å². The molecule has 0 saturated carbocycles. The lowest BCUT2D eigenvalue weighted by atomic mass is 10.9. The third-order valence-electron chi connectivity index (χ3n) is 0.502. The van der Waals surface area contributed by atoms with Crippen LogP contribution in [0, 0.1) is 0 Å². The van der Waals surface area contributed by atoms with Crippen molar-refractivity contribution in [1.29, 1.82) is 0 Å². The van der Waals surface area contributed by atoms with Crippen molar-refractivity contribution >= 4 is 6.34 Å². The number of hydrogen-bond acceptors (Lipinski definition) is 2. The summed E-state index contributed by atoms with van der Waals surface area (Å²) in [7, 11) is 0. The van der Waals surface area contributed by atoms with Crippen LogP contribution in [0.15, 0.2) is 12.4 Å². The highest BCUT2D eigenvalue weighted by atomic mass is 15.4. The van der Waals surface area contributed by atoms with Crippen LogP contribution in [0.3, 0.4) is 0 Å². The van der Waals surface area contributed by atoms with Crippen LogP contribution in [-0.4, -0.2) is 6.34 Å². The summed E-state index contributed by atoms with van der Waals surface area (Å²) in [5.41, 5.74) is 5.45. The van der Waals surface area contributed by atoms with Crippen LogP contribution >= 0.6 is 0 Å². The average Bonchev–Trinajstić information content (AvgIpc) is 1.72. The Bertz CT molecular complexity index is 72.0. The van der Waals surface area contributed by atoms with Gasteiger partial charge in [-0.3, -0.25) is 4.99 Å². The standard InChI is InChI=1S/C3H5N3/c1-2-5-6-3-4-1/h1-3,5H,(H,4,6)/p+1. The average molecular weight is 84.1 g/mol. The molecule has 0 aliphatic carbocycles. The molecule has 0 unspecified atom stereocenters. The fraction of sp³-hybridized carbons (Fsp3) is 0. The molecular formula is C3H6N3+. The van der Waals surface area contributed by atoms with Crippen molar-refractivity contribution < 1.29 is 4.99 Å². The van der Waals surface area contributed by atoms with Crippen LogP contribution in [0.4, 0.5) is 0 Å². The summed E-state index contributed by atoms with van der Waals surface area (Å²) in [6.07, 6.45) is 5.25. The monoisotopic (exact) mass is 84.1 g/mol. The lowest BCUT2D eigenvalue weighted by molar-refractivity contribution is -0.372. The first-order chi connectivity index (χ1) is 3.00.